The Balaban J connectivity index is 2.04. The number of nitrogens with two attached hydrogens (primary N) is 1. The molecule has 2 heterocycles. The second-order valence-corrected chi connectivity index (χ2v) is 7.19. The van der Waals surface area contributed by atoms with Gasteiger partial charge in [-0.25, -0.2) is 13.1 Å². The van der Waals surface area contributed by atoms with Crippen LogP contribution in [0.25, 0.3) is 11.4 Å². The number of sulfone groups is 1. The minimum Gasteiger partial charge on any atom is -0.496 e. The molecule has 0 radical (unpaired) electrons. The Hall–Kier alpha value is -2.16. The molecule has 21 heavy (non-hydrogen) atoms. The van der Waals surface area contributed by atoms with Gasteiger partial charge in [0.1, 0.15) is 5.75 Å². The number of aromatic nitrogens is 4. The molecule has 1 aromatic heterocycles. The topological polar surface area (TPSA) is 113 Å². The Kier molecular flexibility index (Phi) is 3.28. The number of methoxy groups -OCH3 is 1. The van der Waals surface area contributed by atoms with Gasteiger partial charge in [-0.3, -0.25) is 0 Å². The molecule has 1 aliphatic heterocycles. The molecule has 2 N–H and O–H groups in total. The summed E-state index contributed by atoms with van der Waals surface area (Å²) in [6, 6.07) is 4.92. The fourth-order valence-electron chi connectivity index (χ4n) is 2.48. The van der Waals surface area contributed by atoms with Gasteiger partial charge < -0.3 is 10.5 Å². The molecular formula is C12H15N5O3S. The first-order valence-electron chi connectivity index (χ1n) is 6.42. The first kappa shape index (κ1) is 13.8. The number of anilines is 1. The maximum atomic E-state index is 11.6. The summed E-state index contributed by atoms with van der Waals surface area (Å²) in [5.41, 5.74) is 6.98. The minimum atomic E-state index is -3.01. The van der Waals surface area contributed by atoms with E-state index in [2.05, 4.69) is 15.5 Å². The highest BCUT2D eigenvalue weighted by molar-refractivity contribution is 7.91. The summed E-state index contributed by atoms with van der Waals surface area (Å²) >= 11 is 0. The molecule has 1 atom stereocenters. The van der Waals surface area contributed by atoms with Crippen LogP contribution in [0.3, 0.4) is 0 Å². The Morgan fingerprint density at radius 1 is 1.43 bits per heavy atom. The lowest BCUT2D eigenvalue weighted by Crippen LogP contribution is -2.14. The van der Waals surface area contributed by atoms with Crippen LogP contribution in [-0.4, -0.2) is 47.2 Å². The highest BCUT2D eigenvalue weighted by Crippen LogP contribution is 2.33. The van der Waals surface area contributed by atoms with Crippen molar-refractivity contribution in [1.82, 2.24) is 20.2 Å². The summed E-state index contributed by atoms with van der Waals surface area (Å²) in [6.45, 7) is 0. The molecule has 0 aliphatic carbocycles. The van der Waals surface area contributed by atoms with E-state index >= 15 is 0 Å². The quantitative estimate of drug-likeness (QED) is 0.811. The summed E-state index contributed by atoms with van der Waals surface area (Å²) in [5, 5.41) is 11.6. The lowest BCUT2D eigenvalue weighted by Gasteiger charge is -2.12. The van der Waals surface area contributed by atoms with Crippen molar-refractivity contribution < 1.29 is 13.2 Å². The summed E-state index contributed by atoms with van der Waals surface area (Å²) < 4.78 is 30.1. The third-order valence-electron chi connectivity index (χ3n) is 3.51. The molecule has 1 aliphatic rings. The van der Waals surface area contributed by atoms with E-state index in [0.717, 1.165) is 0 Å². The maximum absolute atomic E-state index is 11.6. The standard InChI is InChI=1S/C12H15N5O3S/c1-20-11-6-8(13)2-3-10(11)12-14-15-16-17(12)9-4-5-21(18,19)7-9/h2-3,6,9H,4-5,7,13H2,1H3. The van der Waals surface area contributed by atoms with Gasteiger partial charge in [-0.05, 0) is 29.0 Å². The van der Waals surface area contributed by atoms with Crippen molar-refractivity contribution >= 4 is 15.5 Å². The lowest BCUT2D eigenvalue weighted by atomic mass is 10.1. The number of rotatable bonds is 3. The largest absolute Gasteiger partial charge is 0.496 e. The zero-order valence-electron chi connectivity index (χ0n) is 11.4. The second-order valence-electron chi connectivity index (χ2n) is 4.96. The molecule has 2 aromatic rings. The zero-order valence-corrected chi connectivity index (χ0v) is 12.2. The van der Waals surface area contributed by atoms with E-state index in [4.69, 9.17) is 10.5 Å². The van der Waals surface area contributed by atoms with Gasteiger partial charge in [0.2, 0.25) is 0 Å². The molecule has 9 heteroatoms. The minimum absolute atomic E-state index is 0.0579. The van der Waals surface area contributed by atoms with Gasteiger partial charge in [0.25, 0.3) is 0 Å². The van der Waals surface area contributed by atoms with Gasteiger partial charge in [0.05, 0.1) is 30.2 Å². The molecule has 112 valence electrons. The van der Waals surface area contributed by atoms with Crippen LogP contribution in [-0.2, 0) is 9.84 Å². The van der Waals surface area contributed by atoms with Crippen molar-refractivity contribution in [2.24, 2.45) is 0 Å². The zero-order chi connectivity index (χ0) is 15.0. The van der Waals surface area contributed by atoms with E-state index in [1.807, 2.05) is 0 Å². The first-order chi connectivity index (χ1) is 10.00. The van der Waals surface area contributed by atoms with E-state index in [9.17, 15) is 8.42 Å². The van der Waals surface area contributed by atoms with E-state index in [1.165, 1.54) is 7.11 Å². The molecular weight excluding hydrogens is 294 g/mol. The predicted molar refractivity (Wildman–Crippen MR) is 76.5 cm³/mol. The Morgan fingerprint density at radius 2 is 2.24 bits per heavy atom. The van der Waals surface area contributed by atoms with Gasteiger partial charge in [0.15, 0.2) is 15.7 Å². The van der Waals surface area contributed by atoms with Crippen molar-refractivity contribution in [3.8, 4) is 17.1 Å². The highest BCUT2D eigenvalue weighted by atomic mass is 32.2. The van der Waals surface area contributed by atoms with Crippen molar-refractivity contribution in [2.75, 3.05) is 24.3 Å². The third-order valence-corrected chi connectivity index (χ3v) is 5.26. The van der Waals surface area contributed by atoms with Gasteiger partial charge in [-0.15, -0.1) is 5.10 Å². The number of benzene rings is 1. The van der Waals surface area contributed by atoms with Gasteiger partial charge in [-0.1, -0.05) is 0 Å². The Bertz CT molecular complexity index is 771. The maximum Gasteiger partial charge on any atom is 0.186 e. The average Bonchev–Trinajstić information content (AvgIpc) is 3.04. The van der Waals surface area contributed by atoms with Crippen LogP contribution in [0.1, 0.15) is 12.5 Å². The number of nitrogen functional groups attached to an aromatic ring is 1. The Morgan fingerprint density at radius 3 is 2.90 bits per heavy atom. The van der Waals surface area contributed by atoms with E-state index < -0.39 is 9.84 Å². The summed E-state index contributed by atoms with van der Waals surface area (Å²) in [6.07, 6.45) is 0.512. The third kappa shape index (κ3) is 2.56. The van der Waals surface area contributed by atoms with Gasteiger partial charge >= 0.3 is 0 Å². The van der Waals surface area contributed by atoms with Crippen molar-refractivity contribution in [1.29, 1.82) is 0 Å². The van der Waals surface area contributed by atoms with Crippen LogP contribution >= 0.6 is 0 Å². The normalized spacial score (nSPS) is 20.5. The van der Waals surface area contributed by atoms with E-state index in [0.29, 0.717) is 29.2 Å². The van der Waals surface area contributed by atoms with Gasteiger partial charge in [-0.2, -0.15) is 0 Å². The van der Waals surface area contributed by atoms with Gasteiger partial charge in [0, 0.05) is 11.8 Å². The van der Waals surface area contributed by atoms with Crippen molar-refractivity contribution in [3.63, 3.8) is 0 Å². The predicted octanol–water partition coefficient (Wildman–Crippen LogP) is 0.290. The fourth-order valence-corrected chi connectivity index (χ4v) is 4.17. The Labute approximate surface area is 121 Å². The number of hydrogen-bond donors (Lipinski definition) is 1. The van der Waals surface area contributed by atoms with Crippen LogP contribution in [0, 0.1) is 0 Å². The van der Waals surface area contributed by atoms with Crippen molar-refractivity contribution in [2.45, 2.75) is 12.5 Å². The lowest BCUT2D eigenvalue weighted by molar-refractivity contribution is 0.415. The van der Waals surface area contributed by atoms with Crippen molar-refractivity contribution in [3.05, 3.63) is 18.2 Å². The molecule has 3 rings (SSSR count). The monoisotopic (exact) mass is 309 g/mol. The summed E-state index contributed by atoms with van der Waals surface area (Å²) in [7, 11) is -1.48. The average molecular weight is 309 g/mol. The summed E-state index contributed by atoms with van der Waals surface area (Å²) in [5.74, 6) is 1.25. The molecule has 1 unspecified atom stereocenters. The molecule has 1 aromatic carbocycles. The highest BCUT2D eigenvalue weighted by Gasteiger charge is 2.32. The molecule has 0 bridgehead atoms. The van der Waals surface area contributed by atoms with Crippen LogP contribution in [0.5, 0.6) is 5.75 Å². The molecule has 1 saturated heterocycles. The molecule has 0 amide bonds. The molecule has 0 spiro atoms. The smallest absolute Gasteiger partial charge is 0.186 e. The van der Waals surface area contributed by atoms with Crippen LogP contribution in [0.2, 0.25) is 0 Å². The molecule has 8 nitrogen and oxygen atoms in total. The number of nitrogens with zero attached hydrogens (tertiary/aromatic N) is 4. The fraction of sp³-hybridized carbons (Fsp3) is 0.417. The number of ether oxygens (including phenoxy) is 1. The van der Waals surface area contributed by atoms with E-state index in [1.54, 1.807) is 22.9 Å². The van der Waals surface area contributed by atoms with Crippen LogP contribution in [0.4, 0.5) is 5.69 Å². The first-order valence-corrected chi connectivity index (χ1v) is 8.24. The van der Waals surface area contributed by atoms with E-state index in [-0.39, 0.29) is 17.5 Å². The second kappa shape index (κ2) is 4.99. The van der Waals surface area contributed by atoms with Crippen LogP contribution in [0.15, 0.2) is 18.2 Å². The molecule has 1 fully saturated rings. The molecule has 0 saturated carbocycles. The summed E-state index contributed by atoms with van der Waals surface area (Å²) in [4.78, 5) is 0. The number of hydrogen-bond acceptors (Lipinski definition) is 7. The van der Waals surface area contributed by atoms with Crippen LogP contribution < -0.4 is 10.5 Å². The number of tetrazole rings is 1. The SMILES string of the molecule is COc1cc(N)ccc1-c1nnnn1C1CCS(=O)(=O)C1.